The maximum atomic E-state index is 12.9. The summed E-state index contributed by atoms with van der Waals surface area (Å²) >= 11 is 0. The number of alkyl halides is 3. The van der Waals surface area contributed by atoms with E-state index in [1.54, 1.807) is 41.9 Å². The van der Waals surface area contributed by atoms with Crippen LogP contribution in [0.25, 0.3) is 27.8 Å². The Morgan fingerprint density at radius 3 is 2.39 bits per heavy atom. The van der Waals surface area contributed by atoms with E-state index in [2.05, 4.69) is 14.8 Å². The summed E-state index contributed by atoms with van der Waals surface area (Å²) in [6.45, 7) is 0. The van der Waals surface area contributed by atoms with Crippen molar-refractivity contribution in [2.24, 2.45) is 14.1 Å². The topological polar surface area (TPSA) is 66.9 Å². The molecule has 28 heavy (non-hydrogen) atoms. The summed E-state index contributed by atoms with van der Waals surface area (Å²) in [7, 11) is 3.56. The molecule has 0 aliphatic heterocycles. The predicted molar refractivity (Wildman–Crippen MR) is 95.2 cm³/mol. The molecule has 0 aliphatic carbocycles. The second kappa shape index (κ2) is 6.25. The molecule has 3 heterocycles. The average molecular weight is 389 g/mol. The third-order valence-electron chi connectivity index (χ3n) is 4.24. The molecule has 1 aromatic carbocycles. The van der Waals surface area contributed by atoms with Crippen molar-refractivity contribution in [1.29, 1.82) is 0 Å². The van der Waals surface area contributed by atoms with Crippen LogP contribution < -0.4 is 10.3 Å². The molecule has 10 heteroatoms. The molecule has 0 bridgehead atoms. The van der Waals surface area contributed by atoms with E-state index in [-0.39, 0.29) is 16.8 Å². The Kier molecular flexibility index (Phi) is 3.98. The zero-order chi connectivity index (χ0) is 20.1. The van der Waals surface area contributed by atoms with Gasteiger partial charge < -0.3 is 9.30 Å². The van der Waals surface area contributed by atoms with Gasteiger partial charge in [-0.2, -0.15) is 5.10 Å². The number of rotatable bonds is 3. The van der Waals surface area contributed by atoms with Gasteiger partial charge in [0.1, 0.15) is 5.75 Å². The molecule has 144 valence electrons. The van der Waals surface area contributed by atoms with Gasteiger partial charge in [-0.05, 0) is 24.3 Å². The lowest BCUT2D eigenvalue weighted by atomic mass is 10.1. The Morgan fingerprint density at radius 1 is 1.07 bits per heavy atom. The van der Waals surface area contributed by atoms with Crippen LogP contribution in [-0.2, 0) is 14.1 Å². The van der Waals surface area contributed by atoms with Gasteiger partial charge in [0, 0.05) is 43.3 Å². The zero-order valence-electron chi connectivity index (χ0n) is 14.8. The third-order valence-corrected chi connectivity index (χ3v) is 4.24. The minimum atomic E-state index is -4.78. The Hall–Kier alpha value is -3.56. The lowest BCUT2D eigenvalue weighted by Crippen LogP contribution is -2.19. The number of aryl methyl sites for hydroxylation is 2. The summed E-state index contributed by atoms with van der Waals surface area (Å²) in [6, 6.07) is 5.07. The molecule has 4 rings (SSSR count). The van der Waals surface area contributed by atoms with Crippen LogP contribution >= 0.6 is 0 Å². The number of hydrogen-bond acceptors (Lipinski definition) is 4. The second-order valence-corrected chi connectivity index (χ2v) is 6.22. The highest BCUT2D eigenvalue weighted by Gasteiger charge is 2.31. The largest absolute Gasteiger partial charge is 0.573 e. The quantitative estimate of drug-likeness (QED) is 0.540. The van der Waals surface area contributed by atoms with Crippen molar-refractivity contribution in [3.05, 3.63) is 59.5 Å². The fourth-order valence-corrected chi connectivity index (χ4v) is 3.04. The van der Waals surface area contributed by atoms with E-state index in [1.807, 2.05) is 0 Å². The lowest BCUT2D eigenvalue weighted by molar-refractivity contribution is -0.274. The number of pyridine rings is 1. The molecule has 4 aromatic rings. The van der Waals surface area contributed by atoms with E-state index >= 15 is 0 Å². The standard InChI is InChI=1S/C18H14F3N5O2/c1-24-10-22-15-16(24)14(11-7-23-25(2)8-11)9-26(17(15)27)12-3-5-13(6-4-12)28-18(19,20)21/h3-10H,1-2H3. The molecular formula is C18H14F3N5O2. The van der Waals surface area contributed by atoms with Crippen molar-refractivity contribution in [3.63, 3.8) is 0 Å². The van der Waals surface area contributed by atoms with Gasteiger partial charge in [0.25, 0.3) is 5.56 Å². The minimum absolute atomic E-state index is 0.250. The van der Waals surface area contributed by atoms with E-state index in [4.69, 9.17) is 0 Å². The molecule has 3 aromatic heterocycles. The van der Waals surface area contributed by atoms with Crippen molar-refractivity contribution in [2.45, 2.75) is 6.36 Å². The van der Waals surface area contributed by atoms with Crippen LogP contribution in [-0.4, -0.2) is 30.3 Å². The number of benzene rings is 1. The first kappa shape index (κ1) is 17.8. The first-order valence-corrected chi connectivity index (χ1v) is 8.15. The highest BCUT2D eigenvalue weighted by molar-refractivity contribution is 5.91. The number of aromatic nitrogens is 5. The molecule has 0 spiro atoms. The maximum Gasteiger partial charge on any atom is 0.573 e. The summed E-state index contributed by atoms with van der Waals surface area (Å²) in [4.78, 5) is 17.1. The van der Waals surface area contributed by atoms with Gasteiger partial charge in [0.2, 0.25) is 0 Å². The molecule has 7 nitrogen and oxygen atoms in total. The van der Waals surface area contributed by atoms with Crippen LogP contribution in [0.2, 0.25) is 0 Å². The summed E-state index contributed by atoms with van der Waals surface area (Å²) < 4.78 is 45.7. The summed E-state index contributed by atoms with van der Waals surface area (Å²) in [5.41, 5.74) is 2.40. The van der Waals surface area contributed by atoms with E-state index < -0.39 is 6.36 Å². The van der Waals surface area contributed by atoms with Crippen LogP contribution in [0.3, 0.4) is 0 Å². The Morgan fingerprint density at radius 2 is 1.79 bits per heavy atom. The number of fused-ring (bicyclic) bond motifs is 1. The number of hydrogen-bond donors (Lipinski definition) is 0. The van der Waals surface area contributed by atoms with Gasteiger partial charge in [0.05, 0.1) is 18.0 Å². The van der Waals surface area contributed by atoms with E-state index in [0.29, 0.717) is 11.2 Å². The fourth-order valence-electron chi connectivity index (χ4n) is 3.04. The van der Waals surface area contributed by atoms with Crippen LogP contribution in [0.5, 0.6) is 5.75 Å². The molecule has 0 saturated carbocycles. The van der Waals surface area contributed by atoms with Gasteiger partial charge in [-0.3, -0.25) is 14.0 Å². The predicted octanol–water partition coefficient (Wildman–Crippen LogP) is 3.02. The van der Waals surface area contributed by atoms with E-state index in [0.717, 1.165) is 23.3 Å². The van der Waals surface area contributed by atoms with Gasteiger partial charge in [-0.1, -0.05) is 0 Å². The normalized spacial score (nSPS) is 11.9. The average Bonchev–Trinajstić information content (AvgIpc) is 3.22. The van der Waals surface area contributed by atoms with E-state index in [9.17, 15) is 18.0 Å². The van der Waals surface area contributed by atoms with Crippen molar-refractivity contribution in [2.75, 3.05) is 0 Å². The third kappa shape index (κ3) is 3.13. The number of imidazole rings is 1. The van der Waals surface area contributed by atoms with Crippen molar-refractivity contribution in [1.82, 2.24) is 23.9 Å². The SMILES string of the molecule is Cn1cc(-c2cn(-c3ccc(OC(F)(F)F)cc3)c(=O)c3ncn(C)c23)cn1. The van der Waals surface area contributed by atoms with Gasteiger partial charge in [-0.15, -0.1) is 13.2 Å². The van der Waals surface area contributed by atoms with Gasteiger partial charge >= 0.3 is 6.36 Å². The minimum Gasteiger partial charge on any atom is -0.406 e. The smallest absolute Gasteiger partial charge is 0.406 e. The molecule has 0 saturated heterocycles. The molecule has 0 unspecified atom stereocenters. The van der Waals surface area contributed by atoms with Crippen molar-refractivity contribution < 1.29 is 17.9 Å². The van der Waals surface area contributed by atoms with Crippen molar-refractivity contribution >= 4 is 11.0 Å². The molecule has 0 N–H and O–H groups in total. The number of nitrogens with zero attached hydrogens (tertiary/aromatic N) is 5. The van der Waals surface area contributed by atoms with Crippen LogP contribution in [0.15, 0.2) is 54.0 Å². The summed E-state index contributed by atoms with van der Waals surface area (Å²) in [5.74, 6) is -0.365. The molecule has 0 radical (unpaired) electrons. The number of halogens is 3. The highest BCUT2D eigenvalue weighted by Crippen LogP contribution is 2.28. The highest BCUT2D eigenvalue weighted by atomic mass is 19.4. The number of ether oxygens (including phenoxy) is 1. The van der Waals surface area contributed by atoms with E-state index in [1.165, 1.54) is 23.0 Å². The van der Waals surface area contributed by atoms with Crippen LogP contribution in [0.4, 0.5) is 13.2 Å². The molecule has 0 amide bonds. The van der Waals surface area contributed by atoms with Crippen molar-refractivity contribution in [3.8, 4) is 22.6 Å². The Balaban J connectivity index is 1.88. The Labute approximate surface area is 156 Å². The summed E-state index contributed by atoms with van der Waals surface area (Å²) in [5, 5.41) is 4.16. The fraction of sp³-hybridized carbons (Fsp3) is 0.167. The molecular weight excluding hydrogens is 375 g/mol. The molecule has 0 aliphatic rings. The summed E-state index contributed by atoms with van der Waals surface area (Å²) in [6.07, 6.45) is 1.85. The first-order chi connectivity index (χ1) is 13.2. The zero-order valence-corrected chi connectivity index (χ0v) is 14.8. The van der Waals surface area contributed by atoms with Gasteiger partial charge in [-0.25, -0.2) is 4.98 Å². The maximum absolute atomic E-state index is 12.9. The lowest BCUT2D eigenvalue weighted by Gasteiger charge is -2.12. The van der Waals surface area contributed by atoms with Crippen LogP contribution in [0.1, 0.15) is 0 Å². The molecule has 0 atom stereocenters. The first-order valence-electron chi connectivity index (χ1n) is 8.15. The monoisotopic (exact) mass is 389 g/mol. The van der Waals surface area contributed by atoms with Crippen LogP contribution in [0, 0.1) is 0 Å². The second-order valence-electron chi connectivity index (χ2n) is 6.22. The Bertz CT molecular complexity index is 1220. The van der Waals surface area contributed by atoms with Gasteiger partial charge in [0.15, 0.2) is 5.52 Å². The molecule has 0 fully saturated rings.